The van der Waals surface area contributed by atoms with Crippen LogP contribution in [-0.4, -0.2) is 70.2 Å². The van der Waals surface area contributed by atoms with Crippen LogP contribution in [0, 0.1) is 0 Å². The predicted octanol–water partition coefficient (Wildman–Crippen LogP) is 3.96. The van der Waals surface area contributed by atoms with Crippen LogP contribution in [0.1, 0.15) is 36.4 Å². The molecule has 2 aromatic carbocycles. The normalized spacial score (nSPS) is 19.0. The number of hydrogen-bond acceptors (Lipinski definition) is 9. The van der Waals surface area contributed by atoms with Gasteiger partial charge < -0.3 is 20.7 Å². The minimum Gasteiger partial charge on any atom is -0.382 e. The molecule has 3 fully saturated rings. The molecule has 0 bridgehead atoms. The molecule has 4 heterocycles. The molecule has 4 N–H and O–H groups in total. The Labute approximate surface area is 249 Å². The molecule has 0 radical (unpaired) electrons. The summed E-state index contributed by atoms with van der Waals surface area (Å²) in [5.74, 6) is -0.0327. The van der Waals surface area contributed by atoms with Gasteiger partial charge in [0, 0.05) is 60.1 Å². The van der Waals surface area contributed by atoms with Gasteiger partial charge in [-0.3, -0.25) is 19.8 Å². The van der Waals surface area contributed by atoms with E-state index in [1.54, 1.807) is 16.8 Å². The van der Waals surface area contributed by atoms with Crippen molar-refractivity contribution in [2.45, 2.75) is 31.3 Å². The molecule has 220 valence electrons. The summed E-state index contributed by atoms with van der Waals surface area (Å²) in [7, 11) is 0. The average Bonchev–Trinajstić information content (AvgIpc) is 3.65. The Balaban J connectivity index is 1.17. The van der Waals surface area contributed by atoms with Crippen molar-refractivity contribution in [1.82, 2.24) is 24.8 Å². The van der Waals surface area contributed by atoms with Gasteiger partial charge in [-0.2, -0.15) is 5.10 Å². The molecule has 1 saturated carbocycles. The summed E-state index contributed by atoms with van der Waals surface area (Å²) >= 11 is 0. The van der Waals surface area contributed by atoms with Crippen LogP contribution >= 0.6 is 0 Å². The molecule has 1 atom stereocenters. The number of hydrogen-bond donors (Lipinski definition) is 4. The number of morpholine rings is 1. The Hall–Kier alpha value is -4.74. The van der Waals surface area contributed by atoms with E-state index < -0.39 is 0 Å². The number of amides is 2. The summed E-state index contributed by atoms with van der Waals surface area (Å²) in [6, 6.07) is 19.4. The number of carbonyl (C=O) groups excluding carboxylic acids is 2. The van der Waals surface area contributed by atoms with E-state index in [4.69, 9.17) is 9.72 Å². The second-order valence-corrected chi connectivity index (χ2v) is 11.3. The third-order valence-electron chi connectivity index (χ3n) is 7.86. The fourth-order valence-electron chi connectivity index (χ4n) is 5.51. The smallest absolute Gasteiger partial charge is 0.254 e. The molecule has 2 aliphatic heterocycles. The van der Waals surface area contributed by atoms with E-state index in [0.29, 0.717) is 28.6 Å². The zero-order valence-corrected chi connectivity index (χ0v) is 23.8. The minimum absolute atomic E-state index is 0.0557. The summed E-state index contributed by atoms with van der Waals surface area (Å²) in [6.45, 7) is 4.23. The Bertz CT molecular complexity index is 1670. The second kappa shape index (κ2) is 11.9. The molecule has 1 aliphatic carbocycles. The monoisotopic (exact) mass is 578 g/mol. The molecule has 11 heteroatoms. The van der Waals surface area contributed by atoms with E-state index in [1.807, 2.05) is 18.3 Å². The molecule has 43 heavy (non-hydrogen) atoms. The first-order valence-electron chi connectivity index (χ1n) is 14.8. The number of carbonyl (C=O) groups is 2. The van der Waals surface area contributed by atoms with Crippen LogP contribution in [0.25, 0.3) is 11.7 Å². The zero-order chi connectivity index (χ0) is 29.2. The first kappa shape index (κ1) is 27.1. The van der Waals surface area contributed by atoms with Gasteiger partial charge in [-0.15, -0.1) is 0 Å². The van der Waals surface area contributed by atoms with Crippen molar-refractivity contribution in [3.8, 4) is 0 Å². The highest BCUT2D eigenvalue weighted by Gasteiger charge is 2.25. The number of benzene rings is 2. The minimum atomic E-state index is -0.374. The molecular formula is C32H34N8O3. The lowest BCUT2D eigenvalue weighted by Crippen LogP contribution is -2.40. The topological polar surface area (TPSA) is 125 Å². The lowest BCUT2D eigenvalue weighted by atomic mass is 10.1. The second-order valence-electron chi connectivity index (χ2n) is 11.3. The third-order valence-corrected chi connectivity index (χ3v) is 7.86. The van der Waals surface area contributed by atoms with Gasteiger partial charge in [-0.1, -0.05) is 30.3 Å². The van der Waals surface area contributed by atoms with E-state index in [0.717, 1.165) is 49.9 Å². The summed E-state index contributed by atoms with van der Waals surface area (Å²) < 4.78 is 7.24. The van der Waals surface area contributed by atoms with Crippen molar-refractivity contribution in [3.63, 3.8) is 0 Å². The summed E-state index contributed by atoms with van der Waals surface area (Å²) in [4.78, 5) is 31.0. The molecule has 2 aromatic heterocycles. The maximum atomic E-state index is 12.1. The molecule has 11 nitrogen and oxygen atoms in total. The van der Waals surface area contributed by atoms with Crippen LogP contribution < -0.4 is 21.3 Å². The highest BCUT2D eigenvalue weighted by atomic mass is 16.5. The van der Waals surface area contributed by atoms with Crippen molar-refractivity contribution < 1.29 is 14.3 Å². The summed E-state index contributed by atoms with van der Waals surface area (Å²) in [6.07, 6.45) is 7.55. The van der Waals surface area contributed by atoms with Gasteiger partial charge in [0.25, 0.3) is 5.91 Å². The fourth-order valence-corrected chi connectivity index (χ4v) is 5.51. The van der Waals surface area contributed by atoms with Crippen LogP contribution in [0.15, 0.2) is 72.6 Å². The van der Waals surface area contributed by atoms with Gasteiger partial charge in [0.1, 0.15) is 5.82 Å². The Morgan fingerprint density at radius 2 is 1.81 bits per heavy atom. The van der Waals surface area contributed by atoms with Crippen molar-refractivity contribution >= 4 is 46.4 Å². The molecule has 7 rings (SSSR count). The Kier molecular flexibility index (Phi) is 7.48. The third kappa shape index (κ3) is 6.52. The molecule has 4 aromatic rings. The van der Waals surface area contributed by atoms with E-state index in [2.05, 4.69) is 73.7 Å². The number of nitrogens with zero attached hydrogens (tertiary/aromatic N) is 4. The highest BCUT2D eigenvalue weighted by molar-refractivity contribution is 6.15. The van der Waals surface area contributed by atoms with Crippen molar-refractivity contribution in [3.05, 3.63) is 83.7 Å². The Morgan fingerprint density at radius 3 is 2.58 bits per heavy atom. The van der Waals surface area contributed by atoms with Crippen LogP contribution in [0.2, 0.25) is 0 Å². The van der Waals surface area contributed by atoms with E-state index in [1.165, 1.54) is 18.4 Å². The van der Waals surface area contributed by atoms with E-state index in [9.17, 15) is 9.59 Å². The lowest BCUT2D eigenvalue weighted by molar-refractivity contribution is -0.124. The number of aromatic nitrogens is 3. The zero-order valence-electron chi connectivity index (χ0n) is 23.8. The average molecular weight is 579 g/mol. The number of nitrogens with one attached hydrogen (secondary N) is 4. The highest BCUT2D eigenvalue weighted by Crippen LogP contribution is 2.32. The fraction of sp³-hybridized carbons (Fsp3) is 0.312. The summed E-state index contributed by atoms with van der Waals surface area (Å²) in [5.41, 5.74) is 5.83. The van der Waals surface area contributed by atoms with Gasteiger partial charge in [0.15, 0.2) is 5.65 Å². The first-order valence-corrected chi connectivity index (χ1v) is 14.8. The molecule has 2 saturated heterocycles. The van der Waals surface area contributed by atoms with Crippen LogP contribution in [0.3, 0.4) is 0 Å². The van der Waals surface area contributed by atoms with E-state index >= 15 is 0 Å². The number of fused-ring (bicyclic) bond motifs is 1. The number of ether oxygens (including phenoxy) is 1. The largest absolute Gasteiger partial charge is 0.382 e. The van der Waals surface area contributed by atoms with Gasteiger partial charge in [0.2, 0.25) is 5.91 Å². The molecule has 0 spiro atoms. The molecule has 3 aliphatic rings. The van der Waals surface area contributed by atoms with Crippen molar-refractivity contribution in [1.29, 1.82) is 0 Å². The van der Waals surface area contributed by atoms with Gasteiger partial charge in [-0.05, 0) is 48.7 Å². The molecular weight excluding hydrogens is 544 g/mol. The number of anilines is 4. The van der Waals surface area contributed by atoms with Gasteiger partial charge in [0.05, 0.1) is 31.9 Å². The SMILES string of the molecule is O=C1C/C(=C/c2cnn3ccc(Nc4cc(NC5CC5)cc(NC(CN5CCOCC5)c5ccccc5)c4)nc23)C(=O)N1. The van der Waals surface area contributed by atoms with Crippen molar-refractivity contribution in [2.75, 3.05) is 48.8 Å². The first-order chi connectivity index (χ1) is 21.1. The summed E-state index contributed by atoms with van der Waals surface area (Å²) in [5, 5.41) is 17.6. The Morgan fingerprint density at radius 1 is 1.02 bits per heavy atom. The predicted molar refractivity (Wildman–Crippen MR) is 165 cm³/mol. The quantitative estimate of drug-likeness (QED) is 0.163. The van der Waals surface area contributed by atoms with Gasteiger partial charge in [-0.25, -0.2) is 9.50 Å². The van der Waals surface area contributed by atoms with Crippen LogP contribution in [-0.2, 0) is 14.3 Å². The van der Waals surface area contributed by atoms with Gasteiger partial charge >= 0.3 is 0 Å². The van der Waals surface area contributed by atoms with Crippen LogP contribution in [0.4, 0.5) is 22.9 Å². The maximum Gasteiger partial charge on any atom is 0.254 e. The van der Waals surface area contributed by atoms with E-state index in [-0.39, 0.29) is 24.3 Å². The van der Waals surface area contributed by atoms with Crippen molar-refractivity contribution in [2.24, 2.45) is 0 Å². The molecule has 2 amide bonds. The van der Waals surface area contributed by atoms with Crippen LogP contribution in [0.5, 0.6) is 0 Å². The maximum absolute atomic E-state index is 12.1. The molecule has 1 unspecified atom stereocenters. The lowest BCUT2D eigenvalue weighted by Gasteiger charge is -2.31. The number of imide groups is 1. The standard InChI is InChI=1S/C32H34N8O3/c41-30-15-22(32(42)38-30)14-23-19-33-40-9-8-29(37-31(23)40)36-27-17-25(34-24-6-7-24)16-26(18-27)35-28(21-4-2-1-3-5-21)20-39-10-12-43-13-11-39/h1-5,8-9,14,16-19,24,28,34-35H,6-7,10-13,15,20H2,(H,36,37)(H,38,41,42)/b22-14-. The number of rotatable bonds is 10.